The Bertz CT molecular complexity index is 1230. The Morgan fingerprint density at radius 3 is 2.24 bits per heavy atom. The summed E-state index contributed by atoms with van der Waals surface area (Å²) in [5.74, 6) is -2.40. The molecule has 8 rings (SSSR count). The normalized spacial score (nSPS) is 51.4. The summed E-state index contributed by atoms with van der Waals surface area (Å²) in [6, 6.07) is 0. The number of rotatable bonds is 4. The van der Waals surface area contributed by atoms with Gasteiger partial charge in [0.15, 0.2) is 46.5 Å². The van der Waals surface area contributed by atoms with Crippen LogP contribution in [-0.4, -0.2) is 64.9 Å². The molecule has 3 aliphatic carbocycles. The van der Waals surface area contributed by atoms with Gasteiger partial charge < -0.3 is 18.9 Å². The van der Waals surface area contributed by atoms with Crippen molar-refractivity contribution in [1.82, 2.24) is 0 Å². The van der Waals surface area contributed by atoms with Crippen LogP contribution in [0.2, 0.25) is 0 Å². The minimum atomic E-state index is -1.47. The Morgan fingerprint density at radius 2 is 1.53 bits per heavy atom. The lowest BCUT2D eigenvalue weighted by atomic mass is 9.44. The first-order valence-corrected chi connectivity index (χ1v) is 11.7. The van der Waals surface area contributed by atoms with Gasteiger partial charge in [-0.2, -0.15) is 0 Å². The van der Waals surface area contributed by atoms with Crippen molar-refractivity contribution in [2.24, 2.45) is 17.3 Å². The number of fused-ring (bicyclic) bond motifs is 3. The van der Waals surface area contributed by atoms with Crippen molar-refractivity contribution >= 4 is 23.1 Å². The fraction of sp³-hybridized carbons (Fsp3) is 0.538. The predicted molar refractivity (Wildman–Crippen MR) is 114 cm³/mol. The molecule has 5 aliphatic heterocycles. The molecule has 4 fully saturated rings. The highest BCUT2D eigenvalue weighted by atomic mass is 16.6. The van der Waals surface area contributed by atoms with Gasteiger partial charge in [-0.1, -0.05) is 12.2 Å². The Labute approximate surface area is 195 Å². The molecule has 2 bridgehead atoms. The van der Waals surface area contributed by atoms with E-state index in [9.17, 15) is 19.2 Å². The standard InChI is InChI=1S/C26H24O8/c1-5-7-24-19(29)14-13-10(3)32-20(15(14)18(28)22(24)33-24)26-12(9-31-11(4)16(13)26)17(27)21-25(34-21,8-6-2)23(26)30/h5-6,9-11,13,16,20-22H,1-2,7-8H2,3-4H3/t10?,11-,13-,16-,20-,21-,22-,24+,25-,26+/m0/s1. The first kappa shape index (κ1) is 20.7. The van der Waals surface area contributed by atoms with Gasteiger partial charge in [0.1, 0.15) is 11.5 Å². The van der Waals surface area contributed by atoms with Crippen LogP contribution in [0, 0.1) is 17.3 Å². The highest BCUT2D eigenvalue weighted by molar-refractivity contribution is 6.25. The third-order valence-electron chi connectivity index (χ3n) is 9.10. The number of hydrogen-bond acceptors (Lipinski definition) is 8. The molecular weight excluding hydrogens is 440 g/mol. The van der Waals surface area contributed by atoms with E-state index in [1.165, 1.54) is 6.26 Å². The largest absolute Gasteiger partial charge is 0.498 e. The molecule has 0 aromatic heterocycles. The summed E-state index contributed by atoms with van der Waals surface area (Å²) < 4.78 is 23.8. The summed E-state index contributed by atoms with van der Waals surface area (Å²) in [6.07, 6.45) is 1.05. The molecule has 1 saturated carbocycles. The van der Waals surface area contributed by atoms with E-state index < -0.39 is 59.0 Å². The molecular formula is C26H24O8. The molecule has 10 atom stereocenters. The minimum absolute atomic E-state index is 0.177. The van der Waals surface area contributed by atoms with Gasteiger partial charge in [-0.15, -0.1) is 13.2 Å². The maximum atomic E-state index is 14.4. The number of carbonyl (C=O) groups is 4. The van der Waals surface area contributed by atoms with E-state index in [1.54, 1.807) is 12.2 Å². The second-order valence-electron chi connectivity index (χ2n) is 10.5. The van der Waals surface area contributed by atoms with Crippen molar-refractivity contribution < 1.29 is 38.1 Å². The summed E-state index contributed by atoms with van der Waals surface area (Å²) >= 11 is 0. The Hall–Kier alpha value is -2.68. The molecule has 1 unspecified atom stereocenters. The van der Waals surface area contributed by atoms with Crippen LogP contribution in [0.15, 0.2) is 48.3 Å². The second-order valence-corrected chi connectivity index (χ2v) is 10.5. The lowest BCUT2D eigenvalue weighted by molar-refractivity contribution is -0.206. The molecule has 3 saturated heterocycles. The molecule has 8 aliphatic rings. The third kappa shape index (κ3) is 1.86. The number of epoxide rings is 2. The van der Waals surface area contributed by atoms with Gasteiger partial charge >= 0.3 is 0 Å². The van der Waals surface area contributed by atoms with Crippen LogP contribution >= 0.6 is 0 Å². The topological polar surface area (TPSA) is 112 Å². The second kappa shape index (κ2) is 5.93. The van der Waals surface area contributed by atoms with Crippen molar-refractivity contribution in [3.63, 3.8) is 0 Å². The van der Waals surface area contributed by atoms with E-state index in [0.29, 0.717) is 5.57 Å². The van der Waals surface area contributed by atoms with E-state index in [2.05, 4.69) is 13.2 Å². The van der Waals surface area contributed by atoms with Crippen LogP contribution < -0.4 is 0 Å². The quantitative estimate of drug-likeness (QED) is 0.453. The van der Waals surface area contributed by atoms with E-state index >= 15 is 0 Å². The molecule has 0 aromatic carbocycles. The van der Waals surface area contributed by atoms with Crippen LogP contribution in [0.4, 0.5) is 0 Å². The molecule has 0 radical (unpaired) electrons. The average Bonchev–Trinajstić information content (AvgIpc) is 3.71. The summed E-state index contributed by atoms with van der Waals surface area (Å²) in [6.45, 7) is 11.1. The van der Waals surface area contributed by atoms with Crippen LogP contribution in [0.1, 0.15) is 26.7 Å². The molecule has 176 valence electrons. The summed E-state index contributed by atoms with van der Waals surface area (Å²) in [5, 5.41) is 0. The number of ketones is 4. The number of ether oxygens (including phenoxy) is 4. The van der Waals surface area contributed by atoms with E-state index in [-0.39, 0.29) is 47.1 Å². The maximum Gasteiger partial charge on any atom is 0.195 e. The number of carbonyl (C=O) groups excluding carboxylic acids is 4. The number of hydrogen-bond donors (Lipinski definition) is 0. The van der Waals surface area contributed by atoms with Crippen LogP contribution in [-0.2, 0) is 38.1 Å². The fourth-order valence-corrected chi connectivity index (χ4v) is 7.73. The van der Waals surface area contributed by atoms with Crippen LogP contribution in [0.5, 0.6) is 0 Å². The molecule has 8 heteroatoms. The highest BCUT2D eigenvalue weighted by Crippen LogP contribution is 2.69. The van der Waals surface area contributed by atoms with Gasteiger partial charge in [0, 0.05) is 41.4 Å². The van der Waals surface area contributed by atoms with Crippen molar-refractivity contribution in [1.29, 1.82) is 0 Å². The molecule has 0 N–H and O–H groups in total. The van der Waals surface area contributed by atoms with Crippen molar-refractivity contribution in [2.75, 3.05) is 0 Å². The highest BCUT2D eigenvalue weighted by Gasteiger charge is 2.84. The SMILES string of the molecule is C=CC[C@]12O[C@H]1C(=O)C1=C(C2=O)[C@@H]2C(C)O[C@@H]1[C@@]13C(=O)[C@@]4(CC=C)O[C@H]4C(=O)C1=CO[C@@H](C)[C@@H]23. The molecule has 0 amide bonds. The zero-order valence-electron chi connectivity index (χ0n) is 18.9. The minimum Gasteiger partial charge on any atom is -0.498 e. The zero-order chi connectivity index (χ0) is 23.9. The maximum absolute atomic E-state index is 14.4. The summed E-state index contributed by atoms with van der Waals surface area (Å²) in [4.78, 5) is 55.5. The average molecular weight is 464 g/mol. The Morgan fingerprint density at radius 1 is 0.882 bits per heavy atom. The lowest BCUT2D eigenvalue weighted by Crippen LogP contribution is -2.73. The van der Waals surface area contributed by atoms with E-state index in [1.807, 2.05) is 13.8 Å². The summed E-state index contributed by atoms with van der Waals surface area (Å²) in [5.41, 5.74) is -3.28. The van der Waals surface area contributed by atoms with Crippen molar-refractivity contribution in [2.45, 2.75) is 68.4 Å². The first-order valence-electron chi connectivity index (χ1n) is 11.7. The van der Waals surface area contributed by atoms with Crippen LogP contribution in [0.25, 0.3) is 0 Å². The lowest BCUT2D eigenvalue weighted by Gasteiger charge is -2.62. The molecule has 34 heavy (non-hydrogen) atoms. The molecule has 1 spiro atoms. The molecule has 8 nitrogen and oxygen atoms in total. The van der Waals surface area contributed by atoms with E-state index in [0.717, 1.165) is 0 Å². The van der Waals surface area contributed by atoms with Crippen LogP contribution in [0.3, 0.4) is 0 Å². The van der Waals surface area contributed by atoms with E-state index in [4.69, 9.17) is 18.9 Å². The van der Waals surface area contributed by atoms with Gasteiger partial charge in [0.25, 0.3) is 0 Å². The fourth-order valence-electron chi connectivity index (χ4n) is 7.73. The Kier molecular flexibility index (Phi) is 3.60. The third-order valence-corrected chi connectivity index (χ3v) is 9.10. The van der Waals surface area contributed by atoms with Gasteiger partial charge in [-0.25, -0.2) is 0 Å². The van der Waals surface area contributed by atoms with Gasteiger partial charge in [0.05, 0.1) is 18.5 Å². The predicted octanol–water partition coefficient (Wildman–Crippen LogP) is 1.34. The zero-order valence-corrected chi connectivity index (χ0v) is 18.9. The monoisotopic (exact) mass is 464 g/mol. The summed E-state index contributed by atoms with van der Waals surface area (Å²) in [7, 11) is 0. The molecule has 0 aromatic rings. The van der Waals surface area contributed by atoms with Gasteiger partial charge in [-0.3, -0.25) is 19.2 Å². The Balaban J connectivity index is 1.50. The van der Waals surface area contributed by atoms with Gasteiger partial charge in [-0.05, 0) is 13.8 Å². The van der Waals surface area contributed by atoms with Crippen molar-refractivity contribution in [3.05, 3.63) is 48.3 Å². The number of Topliss-reactive ketones (excluding diaryl/α,β-unsaturated/α-hetero) is 4. The van der Waals surface area contributed by atoms with Crippen molar-refractivity contribution in [3.8, 4) is 0 Å². The van der Waals surface area contributed by atoms with Gasteiger partial charge in [0.2, 0.25) is 0 Å². The molecule has 5 heterocycles. The smallest absolute Gasteiger partial charge is 0.195 e. The first-order chi connectivity index (χ1) is 16.2.